The molecule has 1 aromatic rings. The molecule has 0 aromatic heterocycles. The van der Waals surface area contributed by atoms with E-state index in [0.717, 1.165) is 17.9 Å². The standard InChI is InChI=1S/C14H22FNS/c1-5-16-14(11(3)9-17-4)13-7-6-12(15)8-10(13)2/h6-8,11,14,16H,5,9H2,1-4H3. The third-order valence-corrected chi connectivity index (χ3v) is 3.85. The Morgan fingerprint density at radius 1 is 1.41 bits per heavy atom. The van der Waals surface area contributed by atoms with Crippen molar-refractivity contribution in [2.45, 2.75) is 26.8 Å². The number of nitrogens with one attached hydrogen (secondary N) is 1. The molecule has 2 unspecified atom stereocenters. The maximum Gasteiger partial charge on any atom is 0.123 e. The van der Waals surface area contributed by atoms with Gasteiger partial charge < -0.3 is 5.32 Å². The van der Waals surface area contributed by atoms with Gasteiger partial charge in [0.1, 0.15) is 5.82 Å². The Hall–Kier alpha value is -0.540. The zero-order chi connectivity index (χ0) is 12.8. The van der Waals surface area contributed by atoms with Crippen molar-refractivity contribution in [3.63, 3.8) is 0 Å². The fourth-order valence-corrected chi connectivity index (χ4v) is 2.90. The van der Waals surface area contributed by atoms with Crippen LogP contribution in [0.15, 0.2) is 18.2 Å². The van der Waals surface area contributed by atoms with Crippen molar-refractivity contribution in [1.82, 2.24) is 5.32 Å². The normalized spacial score (nSPS) is 14.6. The molecule has 1 N–H and O–H groups in total. The number of rotatable bonds is 6. The first-order valence-corrected chi connectivity index (χ1v) is 7.47. The molecule has 0 aliphatic carbocycles. The van der Waals surface area contributed by atoms with Crippen LogP contribution in [0.3, 0.4) is 0 Å². The summed E-state index contributed by atoms with van der Waals surface area (Å²) in [4.78, 5) is 0. The summed E-state index contributed by atoms with van der Waals surface area (Å²) < 4.78 is 13.1. The van der Waals surface area contributed by atoms with E-state index in [0.29, 0.717) is 12.0 Å². The van der Waals surface area contributed by atoms with Crippen LogP contribution in [0, 0.1) is 18.7 Å². The summed E-state index contributed by atoms with van der Waals surface area (Å²) in [7, 11) is 0. The minimum absolute atomic E-state index is 0.154. The lowest BCUT2D eigenvalue weighted by Crippen LogP contribution is -2.28. The van der Waals surface area contributed by atoms with Gasteiger partial charge in [-0.15, -0.1) is 0 Å². The lowest BCUT2D eigenvalue weighted by molar-refractivity contribution is 0.425. The highest BCUT2D eigenvalue weighted by molar-refractivity contribution is 7.98. The molecule has 1 nitrogen and oxygen atoms in total. The molecule has 0 saturated carbocycles. The zero-order valence-electron chi connectivity index (χ0n) is 11.1. The first-order valence-electron chi connectivity index (χ1n) is 6.08. The first-order chi connectivity index (χ1) is 8.10. The summed E-state index contributed by atoms with van der Waals surface area (Å²) in [6.07, 6.45) is 2.12. The quantitative estimate of drug-likeness (QED) is 0.830. The highest BCUT2D eigenvalue weighted by Gasteiger charge is 2.19. The topological polar surface area (TPSA) is 12.0 Å². The van der Waals surface area contributed by atoms with Crippen LogP contribution in [0.2, 0.25) is 0 Å². The molecule has 0 fully saturated rings. The molecule has 0 radical (unpaired) electrons. The Morgan fingerprint density at radius 3 is 2.65 bits per heavy atom. The van der Waals surface area contributed by atoms with Gasteiger partial charge in [0.25, 0.3) is 0 Å². The van der Waals surface area contributed by atoms with Gasteiger partial charge in [0.05, 0.1) is 0 Å². The maximum atomic E-state index is 13.1. The van der Waals surface area contributed by atoms with Gasteiger partial charge in [-0.2, -0.15) is 11.8 Å². The summed E-state index contributed by atoms with van der Waals surface area (Å²) in [5.41, 5.74) is 2.25. The van der Waals surface area contributed by atoms with Gasteiger partial charge in [0, 0.05) is 6.04 Å². The third-order valence-electron chi connectivity index (χ3n) is 2.99. The molecular formula is C14H22FNS. The summed E-state index contributed by atoms with van der Waals surface area (Å²) in [6, 6.07) is 5.40. The predicted molar refractivity (Wildman–Crippen MR) is 75.1 cm³/mol. The van der Waals surface area contributed by atoms with Gasteiger partial charge in [-0.05, 0) is 54.7 Å². The molecule has 0 amide bonds. The predicted octanol–water partition coefficient (Wildman–Crippen LogP) is 3.78. The van der Waals surface area contributed by atoms with E-state index in [1.807, 2.05) is 24.8 Å². The Bertz CT molecular complexity index is 354. The van der Waals surface area contributed by atoms with Crippen molar-refractivity contribution in [3.8, 4) is 0 Å². The average Bonchev–Trinajstić information content (AvgIpc) is 2.27. The zero-order valence-corrected chi connectivity index (χ0v) is 11.9. The Morgan fingerprint density at radius 2 is 2.12 bits per heavy atom. The number of benzene rings is 1. The molecule has 0 bridgehead atoms. The second kappa shape index (κ2) is 7.02. The highest BCUT2D eigenvalue weighted by Crippen LogP contribution is 2.27. The second-order valence-electron chi connectivity index (χ2n) is 4.47. The SMILES string of the molecule is CCNC(c1ccc(F)cc1C)C(C)CSC. The molecule has 0 saturated heterocycles. The highest BCUT2D eigenvalue weighted by atomic mass is 32.2. The van der Waals surface area contributed by atoms with Crippen LogP contribution in [0.1, 0.15) is 31.0 Å². The molecule has 1 aromatic carbocycles. The second-order valence-corrected chi connectivity index (χ2v) is 5.38. The number of hydrogen-bond acceptors (Lipinski definition) is 2. The molecule has 0 spiro atoms. The largest absolute Gasteiger partial charge is 0.310 e. The van der Waals surface area contributed by atoms with Crippen LogP contribution in [0.5, 0.6) is 0 Å². The molecular weight excluding hydrogens is 233 g/mol. The van der Waals surface area contributed by atoms with Gasteiger partial charge in [-0.25, -0.2) is 4.39 Å². The van der Waals surface area contributed by atoms with Crippen molar-refractivity contribution < 1.29 is 4.39 Å². The van der Waals surface area contributed by atoms with E-state index in [1.165, 1.54) is 5.56 Å². The maximum absolute atomic E-state index is 13.1. The lowest BCUT2D eigenvalue weighted by Gasteiger charge is -2.26. The van der Waals surface area contributed by atoms with E-state index in [2.05, 4.69) is 25.4 Å². The van der Waals surface area contributed by atoms with Crippen molar-refractivity contribution >= 4 is 11.8 Å². The minimum atomic E-state index is -0.154. The number of halogens is 1. The van der Waals surface area contributed by atoms with Crippen molar-refractivity contribution in [1.29, 1.82) is 0 Å². The van der Waals surface area contributed by atoms with E-state index in [9.17, 15) is 4.39 Å². The van der Waals surface area contributed by atoms with E-state index in [4.69, 9.17) is 0 Å². The van der Waals surface area contributed by atoms with Crippen LogP contribution in [-0.4, -0.2) is 18.6 Å². The first kappa shape index (κ1) is 14.5. The Kier molecular flexibility index (Phi) is 6.00. The van der Waals surface area contributed by atoms with Crippen LogP contribution in [0.25, 0.3) is 0 Å². The van der Waals surface area contributed by atoms with Gasteiger partial charge in [-0.3, -0.25) is 0 Å². The van der Waals surface area contributed by atoms with Gasteiger partial charge >= 0.3 is 0 Å². The summed E-state index contributed by atoms with van der Waals surface area (Å²) in [6.45, 7) is 7.26. The molecule has 0 aliphatic heterocycles. The van der Waals surface area contributed by atoms with E-state index >= 15 is 0 Å². The Labute approximate surface area is 108 Å². The van der Waals surface area contributed by atoms with Crippen molar-refractivity contribution in [3.05, 3.63) is 35.1 Å². The summed E-state index contributed by atoms with van der Waals surface area (Å²) >= 11 is 1.85. The Balaban J connectivity index is 2.96. The lowest BCUT2D eigenvalue weighted by atomic mass is 9.92. The number of aryl methyl sites for hydroxylation is 1. The van der Waals surface area contributed by atoms with Crippen molar-refractivity contribution in [2.24, 2.45) is 5.92 Å². The van der Waals surface area contributed by atoms with Gasteiger partial charge in [0.15, 0.2) is 0 Å². The molecule has 1 rings (SSSR count). The van der Waals surface area contributed by atoms with Crippen LogP contribution >= 0.6 is 11.8 Å². The number of thioether (sulfide) groups is 1. The summed E-state index contributed by atoms with van der Waals surface area (Å²) in [5, 5.41) is 3.51. The van der Waals surface area contributed by atoms with E-state index in [1.54, 1.807) is 12.1 Å². The van der Waals surface area contributed by atoms with E-state index < -0.39 is 0 Å². The average molecular weight is 255 g/mol. The fourth-order valence-electron chi connectivity index (χ4n) is 2.18. The molecule has 3 heteroatoms. The van der Waals surface area contributed by atoms with Crippen LogP contribution in [-0.2, 0) is 0 Å². The molecule has 0 heterocycles. The molecule has 17 heavy (non-hydrogen) atoms. The molecule has 96 valence electrons. The number of hydrogen-bond donors (Lipinski definition) is 1. The van der Waals surface area contributed by atoms with Crippen LogP contribution in [0.4, 0.5) is 4.39 Å². The smallest absolute Gasteiger partial charge is 0.123 e. The minimum Gasteiger partial charge on any atom is -0.310 e. The fraction of sp³-hybridized carbons (Fsp3) is 0.571. The summed E-state index contributed by atoms with van der Waals surface area (Å²) in [5.74, 6) is 1.49. The van der Waals surface area contributed by atoms with Crippen LogP contribution < -0.4 is 5.32 Å². The third kappa shape index (κ3) is 4.00. The van der Waals surface area contributed by atoms with Gasteiger partial charge in [-0.1, -0.05) is 19.9 Å². The van der Waals surface area contributed by atoms with Crippen molar-refractivity contribution in [2.75, 3.05) is 18.6 Å². The monoisotopic (exact) mass is 255 g/mol. The molecule has 0 aliphatic rings. The van der Waals surface area contributed by atoms with Gasteiger partial charge in [0.2, 0.25) is 0 Å². The molecule has 2 atom stereocenters. The van der Waals surface area contributed by atoms with E-state index in [-0.39, 0.29) is 5.82 Å².